The molecule has 1 aromatic carbocycles. The predicted octanol–water partition coefficient (Wildman–Crippen LogP) is 3.66. The minimum absolute atomic E-state index is 0.154. The molecule has 7 heteroatoms. The lowest BCUT2D eigenvalue weighted by atomic mass is 10.1. The average Bonchev–Trinajstić information content (AvgIpc) is 3.03. The summed E-state index contributed by atoms with van der Waals surface area (Å²) in [5, 5.41) is 0. The summed E-state index contributed by atoms with van der Waals surface area (Å²) in [4.78, 5) is 23.7. The molecule has 0 amide bonds. The molecule has 24 heavy (non-hydrogen) atoms. The Labute approximate surface area is 147 Å². The molecule has 3 N–H and O–H groups in total. The molecule has 3 aromatic rings. The molecule has 0 unspecified atom stereocenters. The zero-order valence-electron chi connectivity index (χ0n) is 12.9. The van der Waals surface area contributed by atoms with Crippen molar-refractivity contribution in [3.05, 3.63) is 52.6 Å². The van der Waals surface area contributed by atoms with Crippen LogP contribution >= 0.6 is 15.9 Å². The summed E-state index contributed by atoms with van der Waals surface area (Å²) in [5.41, 5.74) is 8.91. The first-order valence-corrected chi connectivity index (χ1v) is 8.13. The highest BCUT2D eigenvalue weighted by Crippen LogP contribution is 2.32. The standard InChI is InChI=1S/C17H15BrN4O2/c1-2-24-16(23)11-8-13(15-12(18)9-20-17(19)22-15)21-14(11)10-6-4-3-5-7-10/h3-9,21H,2H2,1H3,(H2,19,20,22). The van der Waals surface area contributed by atoms with Gasteiger partial charge in [-0.25, -0.2) is 14.8 Å². The number of esters is 1. The lowest BCUT2D eigenvalue weighted by molar-refractivity contribution is 0.0527. The van der Waals surface area contributed by atoms with Gasteiger partial charge >= 0.3 is 5.97 Å². The van der Waals surface area contributed by atoms with Crippen LogP contribution in [0.15, 0.2) is 47.1 Å². The molecule has 0 fully saturated rings. The molecule has 2 aromatic heterocycles. The molecule has 0 bridgehead atoms. The van der Waals surface area contributed by atoms with Gasteiger partial charge in [0.1, 0.15) is 5.69 Å². The lowest BCUT2D eigenvalue weighted by Crippen LogP contribution is -2.04. The number of carbonyl (C=O) groups is 1. The quantitative estimate of drug-likeness (QED) is 0.667. The molecule has 122 valence electrons. The van der Waals surface area contributed by atoms with Crippen molar-refractivity contribution in [2.75, 3.05) is 12.3 Å². The topological polar surface area (TPSA) is 93.9 Å². The normalized spacial score (nSPS) is 10.6. The number of nitrogens with one attached hydrogen (secondary N) is 1. The molecule has 0 saturated heterocycles. The molecule has 0 saturated carbocycles. The van der Waals surface area contributed by atoms with Gasteiger partial charge < -0.3 is 15.5 Å². The maximum Gasteiger partial charge on any atom is 0.340 e. The van der Waals surface area contributed by atoms with Crippen LogP contribution in [-0.2, 0) is 4.74 Å². The number of H-pyrrole nitrogens is 1. The summed E-state index contributed by atoms with van der Waals surface area (Å²) >= 11 is 3.41. The molecular formula is C17H15BrN4O2. The molecule has 0 aliphatic rings. The van der Waals surface area contributed by atoms with E-state index in [1.165, 1.54) is 0 Å². The van der Waals surface area contributed by atoms with Crippen molar-refractivity contribution < 1.29 is 9.53 Å². The van der Waals surface area contributed by atoms with Crippen LogP contribution in [0.1, 0.15) is 17.3 Å². The third-order valence-electron chi connectivity index (χ3n) is 3.39. The van der Waals surface area contributed by atoms with E-state index in [1.807, 2.05) is 30.3 Å². The van der Waals surface area contributed by atoms with Gasteiger partial charge in [-0.2, -0.15) is 0 Å². The first-order valence-electron chi connectivity index (χ1n) is 7.34. The number of nitrogens with zero attached hydrogens (tertiary/aromatic N) is 2. The number of aromatic nitrogens is 3. The van der Waals surface area contributed by atoms with E-state index in [4.69, 9.17) is 10.5 Å². The van der Waals surface area contributed by atoms with Gasteiger partial charge in [-0.3, -0.25) is 0 Å². The highest BCUT2D eigenvalue weighted by Gasteiger charge is 2.20. The van der Waals surface area contributed by atoms with Crippen LogP contribution < -0.4 is 5.73 Å². The molecular weight excluding hydrogens is 372 g/mol. The van der Waals surface area contributed by atoms with Crippen LogP contribution in [0.4, 0.5) is 5.95 Å². The van der Waals surface area contributed by atoms with Crippen LogP contribution in [0, 0.1) is 0 Å². The number of hydrogen-bond donors (Lipinski definition) is 2. The fourth-order valence-corrected chi connectivity index (χ4v) is 2.76. The number of benzene rings is 1. The van der Waals surface area contributed by atoms with Gasteiger partial charge in [0, 0.05) is 6.20 Å². The Kier molecular flexibility index (Phi) is 4.61. The maximum atomic E-state index is 12.3. The van der Waals surface area contributed by atoms with Gasteiger partial charge in [0.2, 0.25) is 5.95 Å². The smallest absolute Gasteiger partial charge is 0.340 e. The minimum atomic E-state index is -0.392. The zero-order valence-corrected chi connectivity index (χ0v) is 14.5. The monoisotopic (exact) mass is 386 g/mol. The van der Waals surface area contributed by atoms with Crippen molar-refractivity contribution in [3.63, 3.8) is 0 Å². The number of carbonyl (C=O) groups excluding carboxylic acids is 1. The number of rotatable bonds is 4. The molecule has 0 aliphatic carbocycles. The summed E-state index contributed by atoms with van der Waals surface area (Å²) in [6.07, 6.45) is 1.57. The number of nitrogen functional groups attached to an aromatic ring is 1. The van der Waals surface area contributed by atoms with Gasteiger partial charge in [0.25, 0.3) is 0 Å². The van der Waals surface area contributed by atoms with Crippen LogP contribution in [0.2, 0.25) is 0 Å². The lowest BCUT2D eigenvalue weighted by Gasteiger charge is -2.04. The maximum absolute atomic E-state index is 12.3. The number of ether oxygens (including phenoxy) is 1. The second-order valence-electron chi connectivity index (χ2n) is 4.98. The van der Waals surface area contributed by atoms with Crippen LogP contribution in [0.3, 0.4) is 0 Å². The zero-order chi connectivity index (χ0) is 17.1. The van der Waals surface area contributed by atoms with Crippen molar-refractivity contribution in [2.45, 2.75) is 6.92 Å². The first-order chi connectivity index (χ1) is 11.6. The van der Waals surface area contributed by atoms with Gasteiger partial charge in [0.05, 0.1) is 28.0 Å². The SMILES string of the molecule is CCOC(=O)c1cc(-c2nc(N)ncc2Br)[nH]c1-c1ccccc1. The highest BCUT2D eigenvalue weighted by molar-refractivity contribution is 9.10. The predicted molar refractivity (Wildman–Crippen MR) is 95.3 cm³/mol. The molecule has 0 spiro atoms. The van der Waals surface area contributed by atoms with Crippen molar-refractivity contribution in [1.29, 1.82) is 0 Å². The van der Waals surface area contributed by atoms with E-state index in [0.717, 1.165) is 5.56 Å². The van der Waals surface area contributed by atoms with Crippen molar-refractivity contribution in [3.8, 4) is 22.6 Å². The molecule has 3 rings (SSSR count). The van der Waals surface area contributed by atoms with E-state index >= 15 is 0 Å². The molecule has 0 atom stereocenters. The van der Waals surface area contributed by atoms with E-state index in [0.29, 0.717) is 33.7 Å². The third-order valence-corrected chi connectivity index (χ3v) is 3.97. The van der Waals surface area contributed by atoms with Crippen LogP contribution in [-0.4, -0.2) is 27.5 Å². The molecule has 6 nitrogen and oxygen atoms in total. The minimum Gasteiger partial charge on any atom is -0.462 e. The number of anilines is 1. The van der Waals surface area contributed by atoms with Crippen molar-refractivity contribution >= 4 is 27.8 Å². The molecule has 2 heterocycles. The van der Waals surface area contributed by atoms with Gasteiger partial charge in [0.15, 0.2) is 0 Å². The number of nitrogens with two attached hydrogens (primary N) is 1. The van der Waals surface area contributed by atoms with Gasteiger partial charge in [-0.1, -0.05) is 30.3 Å². The first kappa shape index (κ1) is 16.2. The number of halogens is 1. The van der Waals surface area contributed by atoms with E-state index in [2.05, 4.69) is 30.9 Å². The van der Waals surface area contributed by atoms with Crippen LogP contribution in [0.25, 0.3) is 22.6 Å². The summed E-state index contributed by atoms with van der Waals surface area (Å²) in [6, 6.07) is 11.3. The average molecular weight is 387 g/mol. The third kappa shape index (κ3) is 3.16. The second kappa shape index (κ2) is 6.84. The Morgan fingerprint density at radius 1 is 1.33 bits per heavy atom. The fraction of sp³-hybridized carbons (Fsp3) is 0.118. The molecule has 0 aliphatic heterocycles. The van der Waals surface area contributed by atoms with Gasteiger partial charge in [-0.15, -0.1) is 0 Å². The van der Waals surface area contributed by atoms with Crippen molar-refractivity contribution in [1.82, 2.24) is 15.0 Å². The molecule has 0 radical (unpaired) electrons. The number of hydrogen-bond acceptors (Lipinski definition) is 5. The fourth-order valence-electron chi connectivity index (χ4n) is 2.35. The Morgan fingerprint density at radius 2 is 2.08 bits per heavy atom. The second-order valence-corrected chi connectivity index (χ2v) is 5.84. The van der Waals surface area contributed by atoms with Crippen LogP contribution in [0.5, 0.6) is 0 Å². The highest BCUT2D eigenvalue weighted by atomic mass is 79.9. The Bertz CT molecular complexity index is 878. The largest absolute Gasteiger partial charge is 0.462 e. The van der Waals surface area contributed by atoms with Gasteiger partial charge in [-0.05, 0) is 34.5 Å². The van der Waals surface area contributed by atoms with E-state index < -0.39 is 5.97 Å². The van der Waals surface area contributed by atoms with E-state index in [9.17, 15) is 4.79 Å². The number of aromatic amines is 1. The Morgan fingerprint density at radius 3 is 2.79 bits per heavy atom. The van der Waals surface area contributed by atoms with E-state index in [-0.39, 0.29) is 5.95 Å². The summed E-state index contributed by atoms with van der Waals surface area (Å²) in [7, 11) is 0. The summed E-state index contributed by atoms with van der Waals surface area (Å²) < 4.78 is 5.84. The Hall–Kier alpha value is -2.67. The van der Waals surface area contributed by atoms with Crippen molar-refractivity contribution in [2.24, 2.45) is 0 Å². The summed E-state index contributed by atoms with van der Waals surface area (Å²) in [6.45, 7) is 2.08. The summed E-state index contributed by atoms with van der Waals surface area (Å²) in [5.74, 6) is -0.237. The Balaban J connectivity index is 2.16. The van der Waals surface area contributed by atoms with E-state index in [1.54, 1.807) is 19.2 Å².